The normalized spacial score (nSPS) is 11.3. The zero-order chi connectivity index (χ0) is 17.7. The first-order valence-corrected chi connectivity index (χ1v) is 8.52. The van der Waals surface area contributed by atoms with Crippen LogP contribution in [0.25, 0.3) is 0 Å². The quantitative estimate of drug-likeness (QED) is 0.840. The van der Waals surface area contributed by atoms with E-state index < -0.39 is 26.4 Å². The third-order valence-electron chi connectivity index (χ3n) is 2.90. The van der Waals surface area contributed by atoms with Crippen LogP contribution in [0.3, 0.4) is 0 Å². The van der Waals surface area contributed by atoms with Crippen LogP contribution >= 0.6 is 11.6 Å². The van der Waals surface area contributed by atoms with Crippen molar-refractivity contribution >= 4 is 33.0 Å². The summed E-state index contributed by atoms with van der Waals surface area (Å²) in [5.74, 6) is -3.67. The van der Waals surface area contributed by atoms with Crippen LogP contribution < -0.4 is 10.1 Å². The number of para-hydroxylation sites is 1. The number of halogens is 3. The number of anilines is 1. The first-order chi connectivity index (χ1) is 11.3. The van der Waals surface area contributed by atoms with Gasteiger partial charge in [-0.15, -0.1) is 0 Å². The van der Waals surface area contributed by atoms with E-state index in [1.165, 1.54) is 12.1 Å². The molecular weight excluding hydrogens is 364 g/mol. The van der Waals surface area contributed by atoms with Crippen molar-refractivity contribution in [2.24, 2.45) is 0 Å². The molecule has 2 aromatic carbocycles. The fourth-order valence-electron chi connectivity index (χ4n) is 1.73. The summed E-state index contributed by atoms with van der Waals surface area (Å²) in [5.41, 5.74) is 0.246. The van der Waals surface area contributed by atoms with E-state index in [1.807, 2.05) is 0 Å². The maximum absolute atomic E-state index is 12.4. The molecule has 2 aromatic rings. The van der Waals surface area contributed by atoms with Gasteiger partial charge in [-0.1, -0.05) is 23.7 Å². The molecule has 0 bridgehead atoms. The minimum atomic E-state index is -4.66. The summed E-state index contributed by atoms with van der Waals surface area (Å²) in [6.07, 6.45) is 0. The van der Waals surface area contributed by atoms with Crippen LogP contribution in [0.2, 0.25) is 5.02 Å². The Kier molecular flexibility index (Phi) is 5.74. The van der Waals surface area contributed by atoms with E-state index in [4.69, 9.17) is 16.3 Å². The molecule has 0 heterocycles. The van der Waals surface area contributed by atoms with Crippen molar-refractivity contribution in [1.29, 1.82) is 0 Å². The molecule has 0 saturated heterocycles. The number of rotatable bonds is 6. The molecule has 1 amide bonds. The van der Waals surface area contributed by atoms with E-state index in [9.17, 15) is 22.0 Å². The number of sulfone groups is 1. The Morgan fingerprint density at radius 3 is 2.33 bits per heavy atom. The molecule has 2 rings (SSSR count). The first-order valence-electron chi connectivity index (χ1n) is 6.60. The van der Waals surface area contributed by atoms with E-state index in [-0.39, 0.29) is 12.3 Å². The molecule has 0 unspecified atom stereocenters. The van der Waals surface area contributed by atoms with Crippen LogP contribution in [0.5, 0.6) is 5.75 Å². The fraction of sp³-hybridized carbons (Fsp3) is 0.133. The number of carbonyl (C=O) groups excluding carboxylic acids is 1. The van der Waals surface area contributed by atoms with Crippen molar-refractivity contribution in [2.45, 2.75) is 10.7 Å². The zero-order valence-corrected chi connectivity index (χ0v) is 13.7. The molecule has 0 aromatic heterocycles. The van der Waals surface area contributed by atoms with Gasteiger partial charge in [0, 0.05) is 5.69 Å². The molecule has 5 nitrogen and oxygen atoms in total. The van der Waals surface area contributed by atoms with Crippen molar-refractivity contribution in [3.8, 4) is 5.75 Å². The Balaban J connectivity index is 1.96. The number of hydrogen-bond acceptors (Lipinski definition) is 4. The molecule has 0 aliphatic carbocycles. The molecule has 0 fully saturated rings. The van der Waals surface area contributed by atoms with Gasteiger partial charge in [0.2, 0.25) is 9.84 Å². The van der Waals surface area contributed by atoms with Crippen LogP contribution in [0.15, 0.2) is 53.4 Å². The lowest BCUT2D eigenvalue weighted by Gasteiger charge is -2.09. The van der Waals surface area contributed by atoms with Crippen molar-refractivity contribution in [3.63, 3.8) is 0 Å². The van der Waals surface area contributed by atoms with Gasteiger partial charge in [0.15, 0.2) is 6.61 Å². The Labute approximate surface area is 142 Å². The molecule has 1 N–H and O–H groups in total. The standard InChI is InChI=1S/C15H12ClF2NO4S/c16-12-3-1-2-4-13(12)23-9-14(20)19-10-5-7-11(8-6-10)24(21,22)15(17)18/h1-8,15H,9H2,(H,19,20). The third-order valence-corrected chi connectivity index (χ3v) is 4.61. The molecule has 9 heteroatoms. The molecule has 0 radical (unpaired) electrons. The van der Waals surface area contributed by atoms with Gasteiger partial charge in [-0.3, -0.25) is 4.79 Å². The maximum atomic E-state index is 12.4. The summed E-state index contributed by atoms with van der Waals surface area (Å²) in [4.78, 5) is 11.2. The molecule has 0 saturated carbocycles. The summed E-state index contributed by atoms with van der Waals surface area (Å²) >= 11 is 5.88. The molecule has 0 aliphatic heterocycles. The summed E-state index contributed by atoms with van der Waals surface area (Å²) < 4.78 is 52.7. The number of nitrogens with one attached hydrogen (secondary N) is 1. The molecule has 128 valence electrons. The zero-order valence-electron chi connectivity index (χ0n) is 12.1. The Morgan fingerprint density at radius 2 is 1.75 bits per heavy atom. The van der Waals surface area contributed by atoms with Gasteiger partial charge in [0.05, 0.1) is 9.92 Å². The third kappa shape index (κ3) is 4.42. The van der Waals surface area contributed by atoms with E-state index in [2.05, 4.69) is 5.32 Å². The Hall–Kier alpha value is -2.19. The highest BCUT2D eigenvalue weighted by Crippen LogP contribution is 2.23. The second kappa shape index (κ2) is 7.59. The predicted molar refractivity (Wildman–Crippen MR) is 85.2 cm³/mol. The SMILES string of the molecule is O=C(COc1ccccc1Cl)Nc1ccc(S(=O)(=O)C(F)F)cc1. The Morgan fingerprint density at radius 1 is 1.12 bits per heavy atom. The van der Waals surface area contributed by atoms with Crippen LogP contribution in [0.1, 0.15) is 0 Å². The largest absolute Gasteiger partial charge is 0.482 e. The first kappa shape index (κ1) is 18.2. The van der Waals surface area contributed by atoms with Gasteiger partial charge in [-0.25, -0.2) is 8.42 Å². The molecule has 0 atom stereocenters. The number of hydrogen-bond donors (Lipinski definition) is 1. The second-order valence-corrected chi connectivity index (χ2v) is 6.92. The lowest BCUT2D eigenvalue weighted by Crippen LogP contribution is -2.20. The summed E-state index contributed by atoms with van der Waals surface area (Å²) in [6.45, 7) is -0.319. The lowest BCUT2D eigenvalue weighted by molar-refractivity contribution is -0.118. The van der Waals surface area contributed by atoms with Gasteiger partial charge in [0.1, 0.15) is 5.75 Å². The smallest absolute Gasteiger partial charge is 0.341 e. The van der Waals surface area contributed by atoms with Crippen LogP contribution in [-0.4, -0.2) is 26.7 Å². The van der Waals surface area contributed by atoms with Gasteiger partial charge in [-0.05, 0) is 36.4 Å². The van der Waals surface area contributed by atoms with Crippen molar-refractivity contribution < 1.29 is 26.7 Å². The van der Waals surface area contributed by atoms with Gasteiger partial charge in [-0.2, -0.15) is 8.78 Å². The van der Waals surface area contributed by atoms with Crippen LogP contribution in [0, 0.1) is 0 Å². The number of amides is 1. The van der Waals surface area contributed by atoms with E-state index >= 15 is 0 Å². The van der Waals surface area contributed by atoms with Gasteiger partial charge < -0.3 is 10.1 Å². The molecule has 0 spiro atoms. The summed E-state index contributed by atoms with van der Waals surface area (Å²) in [7, 11) is -4.66. The monoisotopic (exact) mass is 375 g/mol. The highest BCUT2D eigenvalue weighted by atomic mass is 35.5. The van der Waals surface area contributed by atoms with Crippen molar-refractivity contribution in [3.05, 3.63) is 53.6 Å². The van der Waals surface area contributed by atoms with E-state index in [0.717, 1.165) is 12.1 Å². The predicted octanol–water partition coefficient (Wildman–Crippen LogP) is 3.35. The average molecular weight is 376 g/mol. The second-order valence-electron chi connectivity index (χ2n) is 4.60. The fourth-order valence-corrected chi connectivity index (χ4v) is 2.64. The van der Waals surface area contributed by atoms with E-state index in [0.29, 0.717) is 10.8 Å². The lowest BCUT2D eigenvalue weighted by atomic mass is 10.3. The minimum absolute atomic E-state index is 0.246. The number of carbonyl (C=O) groups is 1. The van der Waals surface area contributed by atoms with Crippen LogP contribution in [0.4, 0.5) is 14.5 Å². The van der Waals surface area contributed by atoms with Crippen molar-refractivity contribution in [2.75, 3.05) is 11.9 Å². The Bertz CT molecular complexity index is 826. The summed E-state index contributed by atoms with van der Waals surface area (Å²) in [5, 5.41) is 2.80. The summed E-state index contributed by atoms with van der Waals surface area (Å²) in [6, 6.07) is 11.0. The highest BCUT2D eigenvalue weighted by molar-refractivity contribution is 7.91. The van der Waals surface area contributed by atoms with Crippen molar-refractivity contribution in [1.82, 2.24) is 0 Å². The van der Waals surface area contributed by atoms with Gasteiger partial charge in [0.25, 0.3) is 5.91 Å². The number of ether oxygens (including phenoxy) is 1. The maximum Gasteiger partial charge on any atom is 0.341 e. The molecular formula is C15H12ClF2NO4S. The molecule has 0 aliphatic rings. The topological polar surface area (TPSA) is 72.5 Å². The average Bonchev–Trinajstić information content (AvgIpc) is 2.54. The van der Waals surface area contributed by atoms with Gasteiger partial charge >= 0.3 is 5.76 Å². The minimum Gasteiger partial charge on any atom is -0.482 e. The number of benzene rings is 2. The van der Waals surface area contributed by atoms with E-state index in [1.54, 1.807) is 24.3 Å². The molecule has 24 heavy (non-hydrogen) atoms. The number of alkyl halides is 2. The highest BCUT2D eigenvalue weighted by Gasteiger charge is 2.26. The van der Waals surface area contributed by atoms with Crippen LogP contribution in [-0.2, 0) is 14.6 Å².